The fourth-order valence-electron chi connectivity index (χ4n) is 5.44. The number of rotatable bonds is 5. The Morgan fingerprint density at radius 3 is 2.58 bits per heavy atom. The number of aliphatic hydroxyl groups excluding tert-OH is 1. The van der Waals surface area contributed by atoms with Crippen molar-refractivity contribution in [3.8, 4) is 11.3 Å². The van der Waals surface area contributed by atoms with Crippen LogP contribution in [0.25, 0.3) is 11.3 Å². The number of hydrogen-bond donors (Lipinski definition) is 3. The molecule has 2 atom stereocenters. The molecule has 12 heteroatoms. The van der Waals surface area contributed by atoms with E-state index in [1.807, 2.05) is 18.2 Å². The lowest BCUT2D eigenvalue weighted by atomic mass is 9.88. The van der Waals surface area contributed by atoms with E-state index < -0.39 is 41.5 Å². The second-order valence-corrected chi connectivity index (χ2v) is 11.8. The maximum Gasteiger partial charge on any atom is 0.416 e. The number of aryl methyl sites for hydroxylation is 1. The first-order valence-electron chi connectivity index (χ1n) is 14.2. The Balaban J connectivity index is 1.44. The second kappa shape index (κ2) is 11.8. The largest absolute Gasteiger partial charge is 0.444 e. The van der Waals surface area contributed by atoms with Crippen LogP contribution in [0.4, 0.5) is 35.2 Å². The van der Waals surface area contributed by atoms with Crippen LogP contribution < -0.4 is 10.6 Å². The lowest BCUT2D eigenvalue weighted by Gasteiger charge is -2.28. The van der Waals surface area contributed by atoms with Crippen molar-refractivity contribution < 1.29 is 32.6 Å². The Labute approximate surface area is 247 Å². The van der Waals surface area contributed by atoms with Crippen LogP contribution in [0.1, 0.15) is 56.7 Å². The van der Waals surface area contributed by atoms with Crippen molar-refractivity contribution in [3.05, 3.63) is 65.5 Å². The van der Waals surface area contributed by atoms with E-state index in [0.717, 1.165) is 35.4 Å². The molecule has 2 heterocycles. The predicted molar refractivity (Wildman–Crippen MR) is 155 cm³/mol. The molecule has 1 aliphatic carbocycles. The summed E-state index contributed by atoms with van der Waals surface area (Å²) in [5.41, 5.74) is 1.60. The number of benzene rings is 2. The van der Waals surface area contributed by atoms with Crippen LogP contribution in [-0.2, 0) is 28.5 Å². The average Bonchev–Trinajstić information content (AvgIpc) is 3.43. The lowest BCUT2D eigenvalue weighted by molar-refractivity contribution is -0.137. The summed E-state index contributed by atoms with van der Waals surface area (Å²) in [6.45, 7) is 5.44. The molecule has 43 heavy (non-hydrogen) atoms. The molecule has 0 saturated carbocycles. The van der Waals surface area contributed by atoms with Gasteiger partial charge in [-0.3, -0.25) is 9.69 Å². The van der Waals surface area contributed by atoms with E-state index in [1.165, 1.54) is 17.3 Å². The summed E-state index contributed by atoms with van der Waals surface area (Å²) in [5, 5.41) is 16.1. The lowest BCUT2D eigenvalue weighted by Crippen LogP contribution is -2.45. The Morgan fingerprint density at radius 2 is 1.84 bits per heavy atom. The number of carbonyl (C=O) groups excluding carboxylic acids is 2. The molecule has 2 amide bonds. The van der Waals surface area contributed by atoms with E-state index in [2.05, 4.69) is 20.6 Å². The number of anilines is 3. The SMILES string of the molecule is CC(C)(C)OC(=O)N1CCC[C@H]1C(=O)Nc1cc(C(F)(F)F)ccc1-c1cc(Nc2cccc3c2C[C@@H](O)CC3)ncn1. The summed E-state index contributed by atoms with van der Waals surface area (Å²) in [5.74, 6) is -0.228. The van der Waals surface area contributed by atoms with E-state index in [0.29, 0.717) is 38.0 Å². The van der Waals surface area contributed by atoms with Gasteiger partial charge in [-0.25, -0.2) is 14.8 Å². The standard InChI is InChI=1S/C31H34F3N5O4/c1-30(2,3)43-29(42)39-13-5-8-26(39)28(41)38-25-14-19(31(32,33)34)10-12-21(25)24-16-27(36-17-35-24)37-23-7-4-6-18-9-11-20(40)15-22(18)23/h4,6-7,10,12,14,16-17,20,26,40H,5,8-9,11,13,15H2,1-3H3,(H,38,41)(H,35,36,37)/t20-,26-/m0/s1. The summed E-state index contributed by atoms with van der Waals surface area (Å²) in [7, 11) is 0. The number of nitrogens with one attached hydrogen (secondary N) is 2. The maximum atomic E-state index is 13.7. The summed E-state index contributed by atoms with van der Waals surface area (Å²) in [6.07, 6.45) is -1.64. The Hall–Kier alpha value is -4.19. The van der Waals surface area contributed by atoms with Gasteiger partial charge >= 0.3 is 12.3 Å². The van der Waals surface area contributed by atoms with Crippen molar-refractivity contribution in [2.45, 2.75) is 76.8 Å². The van der Waals surface area contributed by atoms with Crippen molar-refractivity contribution >= 4 is 29.2 Å². The number of halogens is 3. The molecule has 5 rings (SSSR count). The van der Waals surface area contributed by atoms with E-state index in [1.54, 1.807) is 26.8 Å². The number of likely N-dealkylation sites (tertiary alicyclic amines) is 1. The number of fused-ring (bicyclic) bond motifs is 1. The van der Waals surface area contributed by atoms with Gasteiger partial charge in [-0.15, -0.1) is 0 Å². The van der Waals surface area contributed by atoms with Crippen molar-refractivity contribution in [1.29, 1.82) is 0 Å². The van der Waals surface area contributed by atoms with Crippen LogP contribution in [-0.4, -0.2) is 56.3 Å². The first-order chi connectivity index (χ1) is 20.3. The molecule has 3 N–H and O–H groups in total. The van der Waals surface area contributed by atoms with Gasteiger partial charge in [0.1, 0.15) is 23.8 Å². The molecule has 9 nitrogen and oxygen atoms in total. The quantitative estimate of drug-likeness (QED) is 0.326. The first-order valence-corrected chi connectivity index (χ1v) is 14.2. The maximum absolute atomic E-state index is 13.7. The molecule has 1 saturated heterocycles. The zero-order valence-corrected chi connectivity index (χ0v) is 24.2. The molecule has 2 aromatic carbocycles. The van der Waals surface area contributed by atoms with Crippen molar-refractivity contribution in [3.63, 3.8) is 0 Å². The summed E-state index contributed by atoms with van der Waals surface area (Å²) < 4.78 is 46.5. The van der Waals surface area contributed by atoms with Crippen LogP contribution in [0.5, 0.6) is 0 Å². The minimum Gasteiger partial charge on any atom is -0.444 e. The second-order valence-electron chi connectivity index (χ2n) is 11.8. The van der Waals surface area contributed by atoms with Gasteiger partial charge in [0.05, 0.1) is 23.0 Å². The highest BCUT2D eigenvalue weighted by molar-refractivity contribution is 6.00. The monoisotopic (exact) mass is 597 g/mol. The van der Waals surface area contributed by atoms with Crippen LogP contribution >= 0.6 is 0 Å². The molecular weight excluding hydrogens is 563 g/mol. The topological polar surface area (TPSA) is 117 Å². The summed E-state index contributed by atoms with van der Waals surface area (Å²) >= 11 is 0. The molecule has 228 valence electrons. The normalized spacial score (nSPS) is 18.6. The third-order valence-corrected chi connectivity index (χ3v) is 7.45. The smallest absolute Gasteiger partial charge is 0.416 e. The van der Waals surface area contributed by atoms with Gasteiger partial charge in [-0.05, 0) is 75.8 Å². The van der Waals surface area contributed by atoms with E-state index in [-0.39, 0.29) is 16.9 Å². The van der Waals surface area contributed by atoms with Gasteiger partial charge in [-0.2, -0.15) is 13.2 Å². The first kappa shape index (κ1) is 30.3. The van der Waals surface area contributed by atoms with Crippen LogP contribution in [0, 0.1) is 0 Å². The number of nitrogens with zero attached hydrogens (tertiary/aromatic N) is 3. The number of aliphatic hydroxyl groups is 1. The zero-order chi connectivity index (χ0) is 30.9. The average molecular weight is 598 g/mol. The number of amides is 2. The van der Waals surface area contributed by atoms with Crippen LogP contribution in [0.15, 0.2) is 48.8 Å². The number of carbonyl (C=O) groups is 2. The van der Waals surface area contributed by atoms with E-state index in [9.17, 15) is 27.9 Å². The van der Waals surface area contributed by atoms with Gasteiger partial charge in [-0.1, -0.05) is 18.2 Å². The molecule has 0 radical (unpaired) electrons. The van der Waals surface area contributed by atoms with E-state index in [4.69, 9.17) is 4.74 Å². The number of ether oxygens (including phenoxy) is 1. The Morgan fingerprint density at radius 1 is 1.05 bits per heavy atom. The van der Waals surface area contributed by atoms with Gasteiger partial charge < -0.3 is 20.5 Å². The molecule has 0 unspecified atom stereocenters. The fraction of sp³-hybridized carbons (Fsp3) is 0.419. The Kier molecular flexibility index (Phi) is 8.33. The van der Waals surface area contributed by atoms with Crippen molar-refractivity contribution in [1.82, 2.24) is 14.9 Å². The predicted octanol–water partition coefficient (Wildman–Crippen LogP) is 6.09. The van der Waals surface area contributed by atoms with Gasteiger partial charge in [0.15, 0.2) is 0 Å². The molecule has 0 spiro atoms. The van der Waals surface area contributed by atoms with Gasteiger partial charge in [0.2, 0.25) is 5.91 Å². The summed E-state index contributed by atoms with van der Waals surface area (Å²) in [4.78, 5) is 36.0. The third-order valence-electron chi connectivity index (χ3n) is 7.45. The molecular formula is C31H34F3N5O4. The number of alkyl halides is 3. The zero-order valence-electron chi connectivity index (χ0n) is 24.2. The molecule has 1 aliphatic heterocycles. The van der Waals surface area contributed by atoms with Crippen molar-refractivity contribution in [2.75, 3.05) is 17.2 Å². The van der Waals surface area contributed by atoms with Crippen LogP contribution in [0.3, 0.4) is 0 Å². The van der Waals surface area contributed by atoms with Gasteiger partial charge in [0, 0.05) is 30.3 Å². The number of hydrogen-bond acceptors (Lipinski definition) is 7. The molecule has 0 bridgehead atoms. The molecule has 3 aromatic rings. The minimum absolute atomic E-state index is 0.0965. The molecule has 1 fully saturated rings. The van der Waals surface area contributed by atoms with Gasteiger partial charge in [0.25, 0.3) is 0 Å². The molecule has 2 aliphatic rings. The highest BCUT2D eigenvalue weighted by Crippen LogP contribution is 2.37. The minimum atomic E-state index is -4.65. The number of aromatic nitrogens is 2. The van der Waals surface area contributed by atoms with Crippen molar-refractivity contribution in [2.24, 2.45) is 0 Å². The van der Waals surface area contributed by atoms with E-state index >= 15 is 0 Å². The molecule has 1 aromatic heterocycles. The fourth-order valence-corrected chi connectivity index (χ4v) is 5.44. The van der Waals surface area contributed by atoms with Crippen LogP contribution in [0.2, 0.25) is 0 Å². The third kappa shape index (κ3) is 7.07. The summed E-state index contributed by atoms with van der Waals surface area (Å²) in [6, 6.07) is 9.53. The Bertz CT molecular complexity index is 1520. The highest BCUT2D eigenvalue weighted by atomic mass is 19.4. The highest BCUT2D eigenvalue weighted by Gasteiger charge is 2.37.